The summed E-state index contributed by atoms with van der Waals surface area (Å²) in [7, 11) is 0. The second-order valence-corrected chi connectivity index (χ2v) is 9.46. The first-order chi connectivity index (χ1) is 18.2. The van der Waals surface area contributed by atoms with E-state index in [1.807, 2.05) is 12.3 Å². The van der Waals surface area contributed by atoms with E-state index < -0.39 is 0 Å². The Morgan fingerprint density at radius 3 is 2.08 bits per heavy atom. The van der Waals surface area contributed by atoms with Crippen molar-refractivity contribution >= 4 is 69.1 Å². The molecule has 0 saturated carbocycles. The standard InChI is InChI=1S/C10H7ClFNS.C7H6FNS.C6H12O2.C3H4Cl2O/c11-5-9-6-14-10(13-9)7-1-3-8(12)4-2-7;8-6-3-1-5(2-4-6)7(9)10;1-2-7-6-4-3-5-8-6;4-1-3(6)2-5/h1-4,6H,5H2;1-4H,(H2,9,10);6H,2-5H2,1H3;1-2H2. The van der Waals surface area contributed by atoms with Crippen LogP contribution in [0.2, 0.25) is 0 Å². The molecule has 4 rings (SSSR count). The van der Waals surface area contributed by atoms with E-state index in [4.69, 9.17) is 50.0 Å². The van der Waals surface area contributed by atoms with Gasteiger partial charge in [0.2, 0.25) is 0 Å². The van der Waals surface area contributed by atoms with Crippen molar-refractivity contribution in [3.05, 3.63) is 76.8 Å². The highest BCUT2D eigenvalue weighted by Gasteiger charge is 2.13. The van der Waals surface area contributed by atoms with Gasteiger partial charge in [-0.05, 0) is 61.9 Å². The summed E-state index contributed by atoms with van der Waals surface area (Å²) in [6.45, 7) is 3.64. The Labute approximate surface area is 246 Å². The molecule has 2 aromatic carbocycles. The van der Waals surface area contributed by atoms with Crippen LogP contribution in [0.5, 0.6) is 0 Å². The number of aromatic nitrogens is 1. The minimum absolute atomic E-state index is 0.0312. The van der Waals surface area contributed by atoms with E-state index in [1.54, 1.807) is 24.3 Å². The molecular weight excluding hydrogens is 597 g/mol. The number of nitrogens with two attached hydrogens (primary N) is 1. The number of Topliss-reactive ketones (excluding diaryl/α,β-unsaturated/α-hetero) is 1. The number of nitrogens with zero attached hydrogens (tertiary/aromatic N) is 1. The number of halogens is 5. The fourth-order valence-corrected chi connectivity index (χ4v) is 4.08. The Morgan fingerprint density at radius 1 is 1.11 bits per heavy atom. The molecule has 2 heterocycles. The highest BCUT2D eigenvalue weighted by Crippen LogP contribution is 2.24. The SMILES string of the molecule is CCOC1CCCO1.Fc1ccc(-c2nc(CCl)cs2)cc1.NC(=S)c1ccc(F)cc1.O=C(CCl)CCl. The summed E-state index contributed by atoms with van der Waals surface area (Å²) in [5.74, 6) is -0.161. The second kappa shape index (κ2) is 20.2. The number of carbonyl (C=O) groups excluding carboxylic acids is 1. The molecule has 38 heavy (non-hydrogen) atoms. The van der Waals surface area contributed by atoms with Crippen molar-refractivity contribution < 1.29 is 23.0 Å². The fourth-order valence-electron chi connectivity index (χ4n) is 2.61. The lowest BCUT2D eigenvalue weighted by Crippen LogP contribution is -2.09. The van der Waals surface area contributed by atoms with Gasteiger partial charge in [-0.25, -0.2) is 13.8 Å². The quantitative estimate of drug-likeness (QED) is 0.219. The molecule has 1 aliphatic heterocycles. The third kappa shape index (κ3) is 14.4. The molecule has 0 bridgehead atoms. The number of carbonyl (C=O) groups is 1. The largest absolute Gasteiger partial charge is 0.389 e. The maximum absolute atomic E-state index is 12.6. The third-order valence-electron chi connectivity index (χ3n) is 4.45. The van der Waals surface area contributed by atoms with E-state index in [1.165, 1.54) is 35.6 Å². The maximum atomic E-state index is 12.6. The molecule has 1 saturated heterocycles. The summed E-state index contributed by atoms with van der Waals surface area (Å²) in [4.78, 5) is 14.5. The number of benzene rings is 2. The van der Waals surface area contributed by atoms with Crippen LogP contribution < -0.4 is 5.73 Å². The first kappa shape index (κ1) is 34.3. The van der Waals surface area contributed by atoms with E-state index in [9.17, 15) is 13.6 Å². The van der Waals surface area contributed by atoms with Crippen LogP contribution in [0.4, 0.5) is 8.78 Å². The molecule has 1 aliphatic rings. The van der Waals surface area contributed by atoms with Gasteiger partial charge in [0, 0.05) is 36.1 Å². The van der Waals surface area contributed by atoms with Crippen LogP contribution in [0, 0.1) is 11.6 Å². The highest BCUT2D eigenvalue weighted by molar-refractivity contribution is 7.80. The molecule has 12 heteroatoms. The van der Waals surface area contributed by atoms with Crippen molar-refractivity contribution in [2.75, 3.05) is 25.0 Å². The molecule has 1 atom stereocenters. The Kier molecular flexibility index (Phi) is 18.3. The van der Waals surface area contributed by atoms with Crippen LogP contribution in [-0.4, -0.2) is 47.0 Å². The Hall–Kier alpha value is -1.72. The van der Waals surface area contributed by atoms with Crippen LogP contribution in [-0.2, 0) is 20.1 Å². The van der Waals surface area contributed by atoms with Gasteiger partial charge >= 0.3 is 0 Å². The lowest BCUT2D eigenvalue weighted by atomic mass is 10.2. The molecule has 1 unspecified atom stereocenters. The molecule has 3 aromatic rings. The van der Waals surface area contributed by atoms with Crippen molar-refractivity contribution in [3.8, 4) is 10.6 Å². The number of hydrogen-bond donors (Lipinski definition) is 1. The fraction of sp³-hybridized carbons (Fsp3) is 0.346. The van der Waals surface area contributed by atoms with Crippen molar-refractivity contribution in [1.82, 2.24) is 4.98 Å². The first-order valence-electron chi connectivity index (χ1n) is 11.4. The Morgan fingerprint density at radius 2 is 1.68 bits per heavy atom. The van der Waals surface area contributed by atoms with E-state index in [2.05, 4.69) is 17.2 Å². The molecule has 1 aromatic heterocycles. The van der Waals surface area contributed by atoms with Crippen LogP contribution in [0.25, 0.3) is 10.6 Å². The lowest BCUT2D eigenvalue weighted by molar-refractivity contribution is -0.114. The summed E-state index contributed by atoms with van der Waals surface area (Å²) in [5, 5.41) is 2.78. The average Bonchev–Trinajstić information content (AvgIpc) is 3.63. The van der Waals surface area contributed by atoms with Gasteiger partial charge in [-0.15, -0.1) is 46.1 Å². The van der Waals surface area contributed by atoms with Crippen LogP contribution >= 0.6 is 58.4 Å². The van der Waals surface area contributed by atoms with Crippen LogP contribution in [0.15, 0.2) is 53.9 Å². The maximum Gasteiger partial charge on any atom is 0.162 e. The third-order valence-corrected chi connectivity index (χ3v) is 6.49. The van der Waals surface area contributed by atoms with E-state index >= 15 is 0 Å². The first-order valence-corrected chi connectivity index (χ1v) is 14.3. The molecule has 208 valence electrons. The number of thiazole rings is 1. The lowest BCUT2D eigenvalue weighted by Gasteiger charge is -2.06. The Balaban J connectivity index is 0.000000267. The minimum Gasteiger partial charge on any atom is -0.389 e. The van der Waals surface area contributed by atoms with Gasteiger partial charge in [-0.1, -0.05) is 12.2 Å². The van der Waals surface area contributed by atoms with E-state index in [-0.39, 0.29) is 35.5 Å². The van der Waals surface area contributed by atoms with Crippen molar-refractivity contribution in [3.63, 3.8) is 0 Å². The van der Waals surface area contributed by atoms with Gasteiger partial charge in [-0.2, -0.15) is 0 Å². The van der Waals surface area contributed by atoms with Gasteiger partial charge < -0.3 is 15.2 Å². The topological polar surface area (TPSA) is 74.4 Å². The predicted molar refractivity (Wildman–Crippen MR) is 156 cm³/mol. The number of rotatable bonds is 7. The second-order valence-electron chi connectivity index (χ2n) is 7.36. The van der Waals surface area contributed by atoms with Crippen molar-refractivity contribution in [2.24, 2.45) is 5.73 Å². The van der Waals surface area contributed by atoms with E-state index in [0.717, 1.165) is 42.3 Å². The predicted octanol–water partition coefficient (Wildman–Crippen LogP) is 7.34. The number of thiocarbonyl (C=S) groups is 1. The summed E-state index contributed by atoms with van der Waals surface area (Å²) in [5.41, 5.74) is 7.75. The molecule has 0 aliphatic carbocycles. The monoisotopic (exact) mass is 624 g/mol. The van der Waals surface area contributed by atoms with E-state index in [0.29, 0.717) is 16.4 Å². The summed E-state index contributed by atoms with van der Waals surface area (Å²) in [6.07, 6.45) is 2.35. The highest BCUT2D eigenvalue weighted by atomic mass is 35.5. The zero-order valence-corrected chi connectivity index (χ0v) is 24.6. The molecule has 0 radical (unpaired) electrons. The zero-order valence-electron chi connectivity index (χ0n) is 20.7. The zero-order chi connectivity index (χ0) is 28.3. The molecule has 0 spiro atoms. The van der Waals surface area contributed by atoms with Gasteiger partial charge in [-0.3, -0.25) is 4.79 Å². The number of ether oxygens (including phenoxy) is 2. The Bertz CT molecular complexity index is 1080. The molecule has 5 nitrogen and oxygen atoms in total. The normalized spacial score (nSPS) is 13.7. The minimum atomic E-state index is -0.278. The average molecular weight is 626 g/mol. The van der Waals surface area contributed by atoms with Gasteiger partial charge in [0.25, 0.3) is 0 Å². The van der Waals surface area contributed by atoms with Crippen LogP contribution in [0.3, 0.4) is 0 Å². The van der Waals surface area contributed by atoms with Gasteiger partial charge in [0.1, 0.15) is 21.6 Å². The van der Waals surface area contributed by atoms with Crippen molar-refractivity contribution in [1.29, 1.82) is 0 Å². The van der Waals surface area contributed by atoms with Crippen molar-refractivity contribution in [2.45, 2.75) is 31.9 Å². The smallest absolute Gasteiger partial charge is 0.162 e. The number of hydrogen-bond acceptors (Lipinski definition) is 6. The number of ketones is 1. The molecule has 2 N–H and O–H groups in total. The van der Waals surface area contributed by atoms with Crippen LogP contribution in [0.1, 0.15) is 31.0 Å². The molecule has 0 amide bonds. The summed E-state index contributed by atoms with van der Waals surface area (Å²) in [6, 6.07) is 12.0. The van der Waals surface area contributed by atoms with Gasteiger partial charge in [0.15, 0.2) is 12.1 Å². The number of alkyl halides is 3. The summed E-state index contributed by atoms with van der Waals surface area (Å²) < 4.78 is 35.3. The summed E-state index contributed by atoms with van der Waals surface area (Å²) >= 11 is 21.8. The molecular formula is C26H29Cl3F2N2O3S2. The van der Waals surface area contributed by atoms with Gasteiger partial charge in [0.05, 0.1) is 23.3 Å². The molecule has 1 fully saturated rings.